The first kappa shape index (κ1) is 10.2. The van der Waals surface area contributed by atoms with Gasteiger partial charge in [0, 0.05) is 12.3 Å². The van der Waals surface area contributed by atoms with Crippen LogP contribution in [0.3, 0.4) is 0 Å². The van der Waals surface area contributed by atoms with Crippen LogP contribution in [0.4, 0.5) is 0 Å². The fourth-order valence-corrected chi connectivity index (χ4v) is 1.87. The van der Waals surface area contributed by atoms with E-state index >= 15 is 0 Å². The smallest absolute Gasteiger partial charge is 0.0705 e. The fourth-order valence-electron chi connectivity index (χ4n) is 1.51. The number of hydrogen-bond donors (Lipinski definition) is 1. The largest absolute Gasteiger partial charge is 0.281 e. The lowest BCUT2D eigenvalue weighted by atomic mass is 9.85. The van der Waals surface area contributed by atoms with Crippen molar-refractivity contribution in [3.63, 3.8) is 0 Å². The Morgan fingerprint density at radius 1 is 1.47 bits per heavy atom. The van der Waals surface area contributed by atoms with Crippen LogP contribution in [0, 0.1) is 6.07 Å². The predicted molar refractivity (Wildman–Crippen MR) is 58.8 cm³/mol. The molecule has 0 bridgehead atoms. The van der Waals surface area contributed by atoms with Crippen LogP contribution in [0.5, 0.6) is 0 Å². The van der Waals surface area contributed by atoms with Crippen LogP contribution >= 0.6 is 11.6 Å². The van der Waals surface area contributed by atoms with E-state index in [1.54, 1.807) is 12.4 Å². The number of nitrogens with one attached hydrogen (secondary N) is 1. The van der Waals surface area contributed by atoms with Gasteiger partial charge in [0.2, 0.25) is 0 Å². The molecule has 2 aromatic rings. The third-order valence-corrected chi connectivity index (χ3v) is 2.73. The fraction of sp³-hybridized carbons (Fsp3) is 0.273. The number of pyridine rings is 1. The lowest BCUT2D eigenvalue weighted by molar-refractivity contribution is 0.592. The Bertz CT molecular complexity index is 449. The van der Waals surface area contributed by atoms with Crippen molar-refractivity contribution in [2.75, 3.05) is 0 Å². The van der Waals surface area contributed by atoms with Crippen molar-refractivity contribution in [3.8, 4) is 0 Å². The molecule has 0 aliphatic heterocycles. The number of aromatic nitrogens is 3. The summed E-state index contributed by atoms with van der Waals surface area (Å²) in [6.07, 6.45) is 3.34. The van der Waals surface area contributed by atoms with Crippen LogP contribution in [0.1, 0.15) is 25.2 Å². The van der Waals surface area contributed by atoms with E-state index in [1.807, 2.05) is 26.0 Å². The van der Waals surface area contributed by atoms with Gasteiger partial charge in [-0.2, -0.15) is 5.10 Å². The molecule has 15 heavy (non-hydrogen) atoms. The molecule has 77 valence electrons. The van der Waals surface area contributed by atoms with Crippen molar-refractivity contribution >= 4 is 11.6 Å². The highest BCUT2D eigenvalue weighted by Gasteiger charge is 2.28. The highest BCUT2D eigenvalue weighted by atomic mass is 35.5. The van der Waals surface area contributed by atoms with E-state index in [0.29, 0.717) is 5.02 Å². The normalized spacial score (nSPS) is 11.7. The van der Waals surface area contributed by atoms with Crippen LogP contribution in [0.15, 0.2) is 24.5 Å². The lowest BCUT2D eigenvalue weighted by Crippen LogP contribution is -2.21. The summed E-state index contributed by atoms with van der Waals surface area (Å²) in [6, 6.07) is 6.69. The molecule has 2 heterocycles. The molecule has 1 N–H and O–H groups in total. The van der Waals surface area contributed by atoms with Gasteiger partial charge >= 0.3 is 0 Å². The minimum Gasteiger partial charge on any atom is -0.281 e. The first-order valence-electron chi connectivity index (χ1n) is 4.65. The number of nitrogens with zero attached hydrogens (tertiary/aromatic N) is 2. The number of rotatable bonds is 2. The van der Waals surface area contributed by atoms with Gasteiger partial charge in [-0.25, -0.2) is 0 Å². The molecule has 2 rings (SSSR count). The minimum absolute atomic E-state index is 0.311. The van der Waals surface area contributed by atoms with E-state index in [2.05, 4.69) is 21.2 Å². The molecule has 0 spiro atoms. The van der Waals surface area contributed by atoms with Crippen molar-refractivity contribution in [2.24, 2.45) is 0 Å². The molecule has 4 heteroatoms. The number of aromatic amines is 1. The van der Waals surface area contributed by atoms with Crippen LogP contribution in [0.2, 0.25) is 5.02 Å². The van der Waals surface area contributed by atoms with Gasteiger partial charge in [-0.15, -0.1) is 0 Å². The zero-order valence-corrected chi connectivity index (χ0v) is 9.34. The van der Waals surface area contributed by atoms with Gasteiger partial charge in [-0.3, -0.25) is 10.1 Å². The maximum absolute atomic E-state index is 6.11. The molecular formula is C11H11ClN3. The summed E-state index contributed by atoms with van der Waals surface area (Å²) in [5.74, 6) is 0. The maximum atomic E-state index is 6.11. The van der Waals surface area contributed by atoms with Crippen molar-refractivity contribution in [2.45, 2.75) is 19.3 Å². The van der Waals surface area contributed by atoms with E-state index in [0.717, 1.165) is 11.4 Å². The molecule has 0 aromatic carbocycles. The zero-order chi connectivity index (χ0) is 10.9. The van der Waals surface area contributed by atoms with E-state index in [-0.39, 0.29) is 5.41 Å². The topological polar surface area (TPSA) is 41.6 Å². The van der Waals surface area contributed by atoms with Crippen molar-refractivity contribution < 1.29 is 0 Å². The van der Waals surface area contributed by atoms with Gasteiger partial charge in [0.1, 0.15) is 0 Å². The van der Waals surface area contributed by atoms with E-state index in [4.69, 9.17) is 11.6 Å². The van der Waals surface area contributed by atoms with Gasteiger partial charge in [0.05, 0.1) is 28.0 Å². The molecule has 0 aliphatic carbocycles. The van der Waals surface area contributed by atoms with Crippen LogP contribution in [-0.2, 0) is 5.41 Å². The van der Waals surface area contributed by atoms with Gasteiger partial charge in [-0.05, 0) is 26.0 Å². The Morgan fingerprint density at radius 2 is 2.27 bits per heavy atom. The molecule has 1 radical (unpaired) electrons. The predicted octanol–water partition coefficient (Wildman–Crippen LogP) is 2.58. The summed E-state index contributed by atoms with van der Waals surface area (Å²) in [6.45, 7) is 4.07. The van der Waals surface area contributed by atoms with E-state index in [9.17, 15) is 0 Å². The number of hydrogen-bond acceptors (Lipinski definition) is 2. The summed E-state index contributed by atoms with van der Waals surface area (Å²) < 4.78 is 0. The lowest BCUT2D eigenvalue weighted by Gasteiger charge is -2.22. The Kier molecular flexibility index (Phi) is 2.49. The first-order chi connectivity index (χ1) is 7.12. The van der Waals surface area contributed by atoms with Crippen molar-refractivity contribution in [3.05, 3.63) is 47.0 Å². The second-order valence-corrected chi connectivity index (χ2v) is 4.26. The van der Waals surface area contributed by atoms with Gasteiger partial charge < -0.3 is 0 Å². The quantitative estimate of drug-likeness (QED) is 0.845. The second kappa shape index (κ2) is 3.66. The van der Waals surface area contributed by atoms with Gasteiger partial charge in [-0.1, -0.05) is 11.6 Å². The third-order valence-electron chi connectivity index (χ3n) is 2.43. The average molecular weight is 221 g/mol. The molecule has 2 aromatic heterocycles. The summed E-state index contributed by atoms with van der Waals surface area (Å²) in [4.78, 5) is 4.31. The minimum atomic E-state index is -0.311. The summed E-state index contributed by atoms with van der Waals surface area (Å²) >= 11 is 6.11. The van der Waals surface area contributed by atoms with Crippen LogP contribution in [-0.4, -0.2) is 15.2 Å². The number of halogens is 1. The summed E-state index contributed by atoms with van der Waals surface area (Å²) in [5.41, 5.74) is 1.39. The second-order valence-electron chi connectivity index (χ2n) is 3.85. The molecule has 0 saturated carbocycles. The molecular weight excluding hydrogens is 210 g/mol. The Balaban J connectivity index is 2.51. The summed E-state index contributed by atoms with van der Waals surface area (Å²) in [7, 11) is 0. The molecule has 0 amide bonds. The molecule has 3 nitrogen and oxygen atoms in total. The zero-order valence-electron chi connectivity index (χ0n) is 8.58. The molecule has 0 saturated heterocycles. The highest BCUT2D eigenvalue weighted by molar-refractivity contribution is 6.31. The standard InChI is InChI=1S/C11H11ClN3/c1-11(2,9-5-7-14-15-9)10-8(12)4-3-6-13-10/h3-4,6-7H,1-2H3,(H,14,15). The van der Waals surface area contributed by atoms with Crippen molar-refractivity contribution in [1.82, 2.24) is 15.2 Å². The SMILES string of the molecule is CC(C)(c1[c]cn[nH]1)c1ncccc1Cl. The van der Waals surface area contributed by atoms with Crippen LogP contribution < -0.4 is 0 Å². The van der Waals surface area contributed by atoms with Gasteiger partial charge in [0.15, 0.2) is 0 Å². The monoisotopic (exact) mass is 220 g/mol. The molecule has 0 atom stereocenters. The van der Waals surface area contributed by atoms with Gasteiger partial charge in [0.25, 0.3) is 0 Å². The number of H-pyrrole nitrogens is 1. The third kappa shape index (κ3) is 1.75. The maximum Gasteiger partial charge on any atom is 0.0705 e. The van der Waals surface area contributed by atoms with Crippen molar-refractivity contribution in [1.29, 1.82) is 0 Å². The summed E-state index contributed by atoms with van der Waals surface area (Å²) in [5, 5.41) is 7.45. The Hall–Kier alpha value is -1.35. The highest BCUT2D eigenvalue weighted by Crippen LogP contribution is 2.32. The molecule has 0 unspecified atom stereocenters. The molecule has 0 fully saturated rings. The first-order valence-corrected chi connectivity index (χ1v) is 5.02. The van der Waals surface area contributed by atoms with E-state index in [1.165, 1.54) is 0 Å². The Morgan fingerprint density at radius 3 is 2.87 bits per heavy atom. The average Bonchev–Trinajstić information content (AvgIpc) is 2.71. The van der Waals surface area contributed by atoms with E-state index < -0.39 is 0 Å². The van der Waals surface area contributed by atoms with Crippen LogP contribution in [0.25, 0.3) is 0 Å². The Labute approximate surface area is 93.5 Å². The molecule has 0 aliphatic rings.